The first-order chi connectivity index (χ1) is 7.22. The van der Waals surface area contributed by atoms with Gasteiger partial charge in [-0.05, 0) is 19.9 Å². The summed E-state index contributed by atoms with van der Waals surface area (Å²) in [7, 11) is 1.99. The fraction of sp³-hybridized carbons (Fsp3) is 0.750. The van der Waals surface area contributed by atoms with Gasteiger partial charge in [-0.25, -0.2) is 4.98 Å². The first-order valence-electron chi connectivity index (χ1n) is 5.94. The molecule has 1 aliphatic rings. The van der Waals surface area contributed by atoms with Crippen LogP contribution in [0.1, 0.15) is 50.2 Å². The topological polar surface area (TPSA) is 29.9 Å². The third-order valence-corrected chi connectivity index (χ3v) is 2.90. The van der Waals surface area contributed by atoms with Crippen LogP contribution in [0.5, 0.6) is 0 Å². The Kier molecular flexibility index (Phi) is 3.10. The van der Waals surface area contributed by atoms with Gasteiger partial charge >= 0.3 is 0 Å². The minimum Gasteiger partial charge on any atom is -0.331 e. The molecule has 3 nitrogen and oxygen atoms in total. The number of aromatic nitrogens is 2. The first kappa shape index (κ1) is 10.7. The second kappa shape index (κ2) is 4.35. The molecule has 1 saturated carbocycles. The molecule has 1 aromatic rings. The SMILES string of the molecule is CNCCc1cn(C2CC2)c(C(C)C)n1. The maximum absolute atomic E-state index is 4.73. The van der Waals surface area contributed by atoms with Crippen molar-refractivity contribution in [1.82, 2.24) is 14.9 Å². The van der Waals surface area contributed by atoms with Crippen molar-refractivity contribution in [3.05, 3.63) is 17.7 Å². The lowest BCUT2D eigenvalue weighted by molar-refractivity contribution is 0.639. The molecule has 1 N–H and O–H groups in total. The highest BCUT2D eigenvalue weighted by Crippen LogP contribution is 2.37. The van der Waals surface area contributed by atoms with Crippen LogP contribution in [0, 0.1) is 0 Å². The molecule has 0 saturated heterocycles. The van der Waals surface area contributed by atoms with Gasteiger partial charge in [0, 0.05) is 31.1 Å². The number of likely N-dealkylation sites (N-methyl/N-ethyl adjacent to an activating group) is 1. The van der Waals surface area contributed by atoms with E-state index in [9.17, 15) is 0 Å². The van der Waals surface area contributed by atoms with Crippen molar-refractivity contribution < 1.29 is 0 Å². The van der Waals surface area contributed by atoms with E-state index in [1.54, 1.807) is 0 Å². The lowest BCUT2D eigenvalue weighted by atomic mass is 10.2. The van der Waals surface area contributed by atoms with Crippen molar-refractivity contribution >= 4 is 0 Å². The highest BCUT2D eigenvalue weighted by Gasteiger charge is 2.27. The van der Waals surface area contributed by atoms with Gasteiger partial charge in [-0.1, -0.05) is 13.8 Å². The molecule has 0 aromatic carbocycles. The molecule has 3 heteroatoms. The Labute approximate surface area is 91.9 Å². The molecular weight excluding hydrogens is 186 g/mol. The van der Waals surface area contributed by atoms with Crippen LogP contribution in [0.2, 0.25) is 0 Å². The lowest BCUT2D eigenvalue weighted by Gasteiger charge is -2.07. The van der Waals surface area contributed by atoms with Crippen LogP contribution in [0.15, 0.2) is 6.20 Å². The van der Waals surface area contributed by atoms with E-state index in [1.807, 2.05) is 7.05 Å². The van der Waals surface area contributed by atoms with Crippen molar-refractivity contribution in [3.63, 3.8) is 0 Å². The standard InChI is InChI=1S/C12H21N3/c1-9(2)12-14-10(6-7-13-3)8-15(12)11-4-5-11/h8-9,11,13H,4-7H2,1-3H3. The van der Waals surface area contributed by atoms with E-state index in [2.05, 4.69) is 29.9 Å². The van der Waals surface area contributed by atoms with Gasteiger partial charge in [-0.3, -0.25) is 0 Å². The van der Waals surface area contributed by atoms with Crippen molar-refractivity contribution in [1.29, 1.82) is 0 Å². The van der Waals surface area contributed by atoms with Gasteiger partial charge in [0.2, 0.25) is 0 Å². The van der Waals surface area contributed by atoms with Crippen LogP contribution in [-0.2, 0) is 6.42 Å². The molecule has 1 heterocycles. The maximum Gasteiger partial charge on any atom is 0.111 e. The third-order valence-electron chi connectivity index (χ3n) is 2.90. The van der Waals surface area contributed by atoms with Gasteiger partial charge in [0.1, 0.15) is 5.82 Å². The molecule has 0 unspecified atom stereocenters. The smallest absolute Gasteiger partial charge is 0.111 e. The fourth-order valence-electron chi connectivity index (χ4n) is 1.91. The number of rotatable bonds is 5. The van der Waals surface area contributed by atoms with Gasteiger partial charge in [-0.2, -0.15) is 0 Å². The Morgan fingerprint density at radius 3 is 2.80 bits per heavy atom. The Bertz CT molecular complexity index is 304. The maximum atomic E-state index is 4.73. The van der Waals surface area contributed by atoms with Gasteiger partial charge in [0.05, 0.1) is 5.69 Å². The molecule has 1 aliphatic carbocycles. The predicted molar refractivity (Wildman–Crippen MR) is 62.2 cm³/mol. The summed E-state index contributed by atoms with van der Waals surface area (Å²) in [5, 5.41) is 3.17. The minimum absolute atomic E-state index is 0.536. The van der Waals surface area contributed by atoms with Crippen LogP contribution in [0.25, 0.3) is 0 Å². The average molecular weight is 207 g/mol. The molecule has 1 aromatic heterocycles. The van der Waals surface area contributed by atoms with Gasteiger partial charge in [-0.15, -0.1) is 0 Å². The van der Waals surface area contributed by atoms with Crippen molar-refractivity contribution in [2.24, 2.45) is 0 Å². The van der Waals surface area contributed by atoms with Gasteiger partial charge in [0.25, 0.3) is 0 Å². The second-order valence-electron chi connectivity index (χ2n) is 4.74. The van der Waals surface area contributed by atoms with Crippen LogP contribution in [0.4, 0.5) is 0 Å². The molecule has 0 bridgehead atoms. The van der Waals surface area contributed by atoms with Crippen molar-refractivity contribution in [2.75, 3.05) is 13.6 Å². The summed E-state index contributed by atoms with van der Waals surface area (Å²) in [4.78, 5) is 4.73. The number of nitrogens with one attached hydrogen (secondary N) is 1. The van der Waals surface area contributed by atoms with E-state index in [1.165, 1.54) is 24.4 Å². The van der Waals surface area contributed by atoms with E-state index >= 15 is 0 Å². The fourth-order valence-corrected chi connectivity index (χ4v) is 1.91. The van der Waals surface area contributed by atoms with Crippen LogP contribution in [-0.4, -0.2) is 23.1 Å². The summed E-state index contributed by atoms with van der Waals surface area (Å²) in [6.45, 7) is 5.46. The monoisotopic (exact) mass is 207 g/mol. The Hall–Kier alpha value is -0.830. The predicted octanol–water partition coefficient (Wildman–Crippen LogP) is 2.10. The third kappa shape index (κ3) is 2.40. The molecular formula is C12H21N3. The second-order valence-corrected chi connectivity index (χ2v) is 4.74. The zero-order valence-corrected chi connectivity index (χ0v) is 9.95. The van der Waals surface area contributed by atoms with Crippen LogP contribution >= 0.6 is 0 Å². The summed E-state index contributed by atoms with van der Waals surface area (Å²) < 4.78 is 2.40. The molecule has 0 amide bonds. The Morgan fingerprint density at radius 2 is 2.27 bits per heavy atom. The number of hydrogen-bond donors (Lipinski definition) is 1. The summed E-state index contributed by atoms with van der Waals surface area (Å²) in [6, 6.07) is 0.748. The summed E-state index contributed by atoms with van der Waals surface area (Å²) in [6.07, 6.45) is 5.96. The van der Waals surface area contributed by atoms with Crippen molar-refractivity contribution in [3.8, 4) is 0 Å². The zero-order chi connectivity index (χ0) is 10.8. The molecule has 0 spiro atoms. The Morgan fingerprint density at radius 1 is 1.53 bits per heavy atom. The normalized spacial score (nSPS) is 16.3. The zero-order valence-electron chi connectivity index (χ0n) is 9.95. The largest absolute Gasteiger partial charge is 0.331 e. The molecule has 15 heavy (non-hydrogen) atoms. The number of nitrogens with zero attached hydrogens (tertiary/aromatic N) is 2. The van der Waals surface area contributed by atoms with E-state index in [0.29, 0.717) is 5.92 Å². The van der Waals surface area contributed by atoms with E-state index in [-0.39, 0.29) is 0 Å². The van der Waals surface area contributed by atoms with Crippen LogP contribution < -0.4 is 5.32 Å². The number of hydrogen-bond acceptors (Lipinski definition) is 2. The quantitative estimate of drug-likeness (QED) is 0.801. The minimum atomic E-state index is 0.536. The van der Waals surface area contributed by atoms with E-state index in [4.69, 9.17) is 4.98 Å². The summed E-state index contributed by atoms with van der Waals surface area (Å²) in [5.41, 5.74) is 1.24. The van der Waals surface area contributed by atoms with E-state index < -0.39 is 0 Å². The van der Waals surface area contributed by atoms with Crippen molar-refractivity contribution in [2.45, 2.75) is 45.1 Å². The molecule has 84 valence electrons. The molecule has 0 aliphatic heterocycles. The molecule has 0 radical (unpaired) electrons. The van der Waals surface area contributed by atoms with Crippen LogP contribution in [0.3, 0.4) is 0 Å². The Balaban J connectivity index is 2.15. The highest BCUT2D eigenvalue weighted by molar-refractivity contribution is 5.11. The first-order valence-corrected chi connectivity index (χ1v) is 5.94. The highest BCUT2D eigenvalue weighted by atomic mass is 15.1. The lowest BCUT2D eigenvalue weighted by Crippen LogP contribution is -2.10. The molecule has 0 atom stereocenters. The molecule has 1 fully saturated rings. The van der Waals surface area contributed by atoms with E-state index in [0.717, 1.165) is 19.0 Å². The van der Waals surface area contributed by atoms with Gasteiger partial charge in [0.15, 0.2) is 0 Å². The number of imidazole rings is 1. The van der Waals surface area contributed by atoms with Gasteiger partial charge < -0.3 is 9.88 Å². The molecule has 2 rings (SSSR count). The average Bonchev–Trinajstić information content (AvgIpc) is 2.95. The summed E-state index contributed by atoms with van der Waals surface area (Å²) >= 11 is 0. The summed E-state index contributed by atoms with van der Waals surface area (Å²) in [5.74, 6) is 1.80.